The van der Waals surface area contributed by atoms with Crippen LogP contribution in [0.4, 0.5) is 18.9 Å². The van der Waals surface area contributed by atoms with E-state index in [-0.39, 0.29) is 12.2 Å². The molecule has 0 unspecified atom stereocenters. The average Bonchev–Trinajstić information content (AvgIpc) is 3.63. The zero-order valence-electron chi connectivity index (χ0n) is 20.6. The molecule has 0 aliphatic heterocycles. The number of nitrogens with two attached hydrogens (primary N) is 1. The zero-order valence-corrected chi connectivity index (χ0v) is 20.6. The number of halogens is 3. The van der Waals surface area contributed by atoms with Crippen LogP contribution in [0.1, 0.15) is 52.1 Å². The van der Waals surface area contributed by atoms with E-state index >= 15 is 0 Å². The molecule has 0 atom stereocenters. The highest BCUT2D eigenvalue weighted by atomic mass is 19.4. The van der Waals surface area contributed by atoms with Gasteiger partial charge in [-0.25, -0.2) is 4.68 Å². The quantitative estimate of drug-likeness (QED) is 0.270. The number of allylic oxidation sites excluding steroid dienone is 1. The summed E-state index contributed by atoms with van der Waals surface area (Å²) in [7, 11) is 0. The van der Waals surface area contributed by atoms with E-state index in [1.165, 1.54) is 12.8 Å². The SMILES string of the molecule is NCc1cccc(-n2nc(C(F)(F)F)cc2C(=O)Nc2cccc(C(=CCC3CC3)c3ccccc3)c2)c1. The van der Waals surface area contributed by atoms with Crippen molar-refractivity contribution >= 4 is 17.2 Å². The van der Waals surface area contributed by atoms with E-state index < -0.39 is 17.8 Å². The zero-order chi connectivity index (χ0) is 26.7. The van der Waals surface area contributed by atoms with E-state index in [9.17, 15) is 18.0 Å². The lowest BCUT2D eigenvalue weighted by Gasteiger charge is -2.12. The number of anilines is 1. The summed E-state index contributed by atoms with van der Waals surface area (Å²) < 4.78 is 41.6. The van der Waals surface area contributed by atoms with Gasteiger partial charge in [0.2, 0.25) is 0 Å². The molecule has 0 saturated heterocycles. The summed E-state index contributed by atoms with van der Waals surface area (Å²) in [6.45, 7) is 0.202. The molecule has 1 fully saturated rings. The van der Waals surface area contributed by atoms with Crippen molar-refractivity contribution in [1.82, 2.24) is 9.78 Å². The molecule has 38 heavy (non-hydrogen) atoms. The van der Waals surface area contributed by atoms with Crippen molar-refractivity contribution in [2.75, 3.05) is 5.32 Å². The van der Waals surface area contributed by atoms with Gasteiger partial charge in [0.25, 0.3) is 5.91 Å². The summed E-state index contributed by atoms with van der Waals surface area (Å²) in [5.74, 6) is 0.00371. The third kappa shape index (κ3) is 5.86. The molecule has 0 radical (unpaired) electrons. The Kier molecular flexibility index (Phi) is 7.15. The number of nitrogens with zero attached hydrogens (tertiary/aromatic N) is 2. The Labute approximate surface area is 218 Å². The van der Waals surface area contributed by atoms with E-state index in [2.05, 4.69) is 16.5 Å². The van der Waals surface area contributed by atoms with Gasteiger partial charge in [-0.05, 0) is 71.7 Å². The Morgan fingerprint density at radius 2 is 1.71 bits per heavy atom. The van der Waals surface area contributed by atoms with Crippen molar-refractivity contribution in [2.24, 2.45) is 11.7 Å². The van der Waals surface area contributed by atoms with Crippen LogP contribution in [-0.4, -0.2) is 15.7 Å². The van der Waals surface area contributed by atoms with Gasteiger partial charge in [0.15, 0.2) is 5.69 Å². The number of alkyl halides is 3. The van der Waals surface area contributed by atoms with Crippen LogP contribution in [0.3, 0.4) is 0 Å². The molecule has 1 aromatic heterocycles. The third-order valence-electron chi connectivity index (χ3n) is 6.49. The van der Waals surface area contributed by atoms with Crippen LogP contribution >= 0.6 is 0 Å². The second-order valence-electron chi connectivity index (χ2n) is 9.40. The fourth-order valence-corrected chi connectivity index (χ4v) is 4.31. The van der Waals surface area contributed by atoms with E-state index in [4.69, 9.17) is 5.73 Å². The summed E-state index contributed by atoms with van der Waals surface area (Å²) in [5, 5.41) is 6.47. The summed E-state index contributed by atoms with van der Waals surface area (Å²) in [4.78, 5) is 13.3. The predicted octanol–water partition coefficient (Wildman–Crippen LogP) is 6.83. The van der Waals surface area contributed by atoms with Crippen LogP contribution in [-0.2, 0) is 12.7 Å². The smallest absolute Gasteiger partial charge is 0.326 e. The monoisotopic (exact) mass is 516 g/mol. The maximum absolute atomic E-state index is 13.5. The van der Waals surface area contributed by atoms with Gasteiger partial charge < -0.3 is 11.1 Å². The fourth-order valence-electron chi connectivity index (χ4n) is 4.31. The normalized spacial score (nSPS) is 13.9. The van der Waals surface area contributed by atoms with Crippen molar-refractivity contribution in [3.05, 3.63) is 119 Å². The Morgan fingerprint density at radius 1 is 0.974 bits per heavy atom. The molecule has 0 bridgehead atoms. The highest BCUT2D eigenvalue weighted by Gasteiger charge is 2.36. The van der Waals surface area contributed by atoms with Crippen LogP contribution in [0.5, 0.6) is 0 Å². The first-order valence-electron chi connectivity index (χ1n) is 12.5. The van der Waals surface area contributed by atoms with Crippen LogP contribution < -0.4 is 11.1 Å². The number of rotatable bonds is 8. The number of benzene rings is 3. The lowest BCUT2D eigenvalue weighted by molar-refractivity contribution is -0.141. The van der Waals surface area contributed by atoms with E-state index in [1.807, 2.05) is 48.5 Å². The summed E-state index contributed by atoms with van der Waals surface area (Å²) in [5.41, 5.74) is 8.83. The van der Waals surface area contributed by atoms with Gasteiger partial charge in [0.1, 0.15) is 5.69 Å². The average molecular weight is 517 g/mol. The van der Waals surface area contributed by atoms with Crippen molar-refractivity contribution in [3.63, 3.8) is 0 Å². The molecule has 1 aliphatic carbocycles. The van der Waals surface area contributed by atoms with Crippen LogP contribution in [0.15, 0.2) is 91.0 Å². The minimum atomic E-state index is -4.71. The van der Waals surface area contributed by atoms with E-state index in [1.54, 1.807) is 30.3 Å². The molecule has 194 valence electrons. The first-order valence-corrected chi connectivity index (χ1v) is 12.5. The Morgan fingerprint density at radius 3 is 2.42 bits per heavy atom. The Hall–Kier alpha value is -4.17. The van der Waals surface area contributed by atoms with E-state index in [0.717, 1.165) is 33.9 Å². The van der Waals surface area contributed by atoms with Gasteiger partial charge in [0.05, 0.1) is 5.69 Å². The fraction of sp³-hybridized carbons (Fsp3) is 0.200. The molecule has 3 aromatic carbocycles. The summed E-state index contributed by atoms with van der Waals surface area (Å²) in [6, 6.07) is 24.7. The van der Waals surface area contributed by atoms with Crippen molar-refractivity contribution in [2.45, 2.75) is 32.0 Å². The van der Waals surface area contributed by atoms with Crippen molar-refractivity contribution in [3.8, 4) is 5.69 Å². The van der Waals surface area contributed by atoms with Crippen LogP contribution in [0.25, 0.3) is 11.3 Å². The summed E-state index contributed by atoms with van der Waals surface area (Å²) >= 11 is 0. The number of nitrogens with one attached hydrogen (secondary N) is 1. The van der Waals surface area contributed by atoms with Crippen LogP contribution in [0.2, 0.25) is 0 Å². The van der Waals surface area contributed by atoms with Gasteiger partial charge >= 0.3 is 6.18 Å². The second-order valence-corrected chi connectivity index (χ2v) is 9.40. The maximum atomic E-state index is 13.5. The lowest BCUT2D eigenvalue weighted by atomic mass is 9.96. The molecular formula is C30H27F3N4O. The second kappa shape index (κ2) is 10.7. The van der Waals surface area contributed by atoms with Crippen molar-refractivity contribution in [1.29, 1.82) is 0 Å². The first kappa shape index (κ1) is 25.5. The summed E-state index contributed by atoms with van der Waals surface area (Å²) in [6.07, 6.45) is 0.959. The molecule has 1 aliphatic rings. The van der Waals surface area contributed by atoms with Gasteiger partial charge in [0, 0.05) is 18.3 Å². The highest BCUT2D eigenvalue weighted by molar-refractivity contribution is 6.04. The maximum Gasteiger partial charge on any atom is 0.435 e. The minimum Gasteiger partial charge on any atom is -0.326 e. The topological polar surface area (TPSA) is 72.9 Å². The lowest BCUT2D eigenvalue weighted by Crippen LogP contribution is -2.17. The largest absolute Gasteiger partial charge is 0.435 e. The van der Waals surface area contributed by atoms with Crippen molar-refractivity contribution < 1.29 is 18.0 Å². The van der Waals surface area contributed by atoms with Crippen LogP contribution in [0, 0.1) is 5.92 Å². The molecule has 3 N–H and O–H groups in total. The Balaban J connectivity index is 1.47. The van der Waals surface area contributed by atoms with Gasteiger partial charge in [-0.15, -0.1) is 0 Å². The molecule has 5 rings (SSSR count). The molecular weight excluding hydrogens is 489 g/mol. The molecule has 1 heterocycles. The molecule has 5 nitrogen and oxygen atoms in total. The standard InChI is InChI=1S/C30H27F3N4O/c31-30(32,33)28-18-27(37(36-28)25-11-4-6-21(16-25)19-34)29(38)35-24-10-5-9-23(17-24)26(15-14-20-12-13-20)22-7-2-1-3-8-22/h1-11,15-18,20H,12-14,19,34H2,(H,35,38). The number of amides is 1. The molecule has 1 saturated carbocycles. The minimum absolute atomic E-state index is 0.202. The van der Waals surface area contributed by atoms with Gasteiger partial charge in [-0.3, -0.25) is 4.79 Å². The number of carbonyl (C=O) groups excluding carboxylic acids is 1. The first-order chi connectivity index (χ1) is 18.3. The molecule has 4 aromatic rings. The molecule has 8 heteroatoms. The number of carbonyl (C=O) groups is 1. The third-order valence-corrected chi connectivity index (χ3v) is 6.49. The molecule has 1 amide bonds. The predicted molar refractivity (Wildman–Crippen MR) is 142 cm³/mol. The number of hydrogen-bond donors (Lipinski definition) is 2. The number of aromatic nitrogens is 2. The Bertz CT molecular complexity index is 1470. The number of hydrogen-bond acceptors (Lipinski definition) is 3. The van der Waals surface area contributed by atoms with Gasteiger partial charge in [-0.1, -0.05) is 60.7 Å². The highest BCUT2D eigenvalue weighted by Crippen LogP contribution is 2.35. The molecule has 0 spiro atoms. The van der Waals surface area contributed by atoms with Gasteiger partial charge in [-0.2, -0.15) is 18.3 Å². The van der Waals surface area contributed by atoms with E-state index in [0.29, 0.717) is 22.9 Å².